The van der Waals surface area contributed by atoms with Gasteiger partial charge >= 0.3 is 0 Å². The molecule has 0 aromatic heterocycles. The third kappa shape index (κ3) is 1.60. The highest BCUT2D eigenvalue weighted by Crippen LogP contribution is 2.39. The predicted octanol–water partition coefficient (Wildman–Crippen LogP) is 3.20. The Kier molecular flexibility index (Phi) is 3.16. The van der Waals surface area contributed by atoms with Crippen molar-refractivity contribution in [3.8, 4) is 0 Å². The summed E-state index contributed by atoms with van der Waals surface area (Å²) < 4.78 is 1.45. The molecule has 0 bridgehead atoms. The fourth-order valence-electron chi connectivity index (χ4n) is 4.09. The fourth-order valence-corrected chi connectivity index (χ4v) is 4.09. The van der Waals surface area contributed by atoms with Gasteiger partial charge in [0, 0.05) is 5.92 Å². The van der Waals surface area contributed by atoms with Gasteiger partial charge in [-0.1, -0.05) is 6.42 Å². The van der Waals surface area contributed by atoms with Gasteiger partial charge < -0.3 is 4.48 Å². The molecule has 1 aliphatic heterocycles. The molecule has 0 amide bonds. The third-order valence-electron chi connectivity index (χ3n) is 5.01. The second-order valence-corrected chi connectivity index (χ2v) is 5.33. The van der Waals surface area contributed by atoms with Crippen molar-refractivity contribution in [3.63, 3.8) is 0 Å². The lowest BCUT2D eigenvalue weighted by molar-refractivity contribution is -0.957. The van der Waals surface area contributed by atoms with Crippen LogP contribution in [0.25, 0.3) is 0 Å². The Bertz CT molecular complexity index is 182. The van der Waals surface area contributed by atoms with Gasteiger partial charge in [0.15, 0.2) is 0 Å². The van der Waals surface area contributed by atoms with Crippen molar-refractivity contribution < 1.29 is 4.48 Å². The van der Waals surface area contributed by atoms with Crippen LogP contribution in [0.1, 0.15) is 52.4 Å². The lowest BCUT2D eigenvalue weighted by Gasteiger charge is -2.52. The van der Waals surface area contributed by atoms with E-state index in [2.05, 4.69) is 13.8 Å². The molecule has 0 radical (unpaired) electrons. The first kappa shape index (κ1) is 10.5. The van der Waals surface area contributed by atoms with Crippen molar-refractivity contribution in [2.45, 2.75) is 58.4 Å². The van der Waals surface area contributed by atoms with E-state index in [-0.39, 0.29) is 0 Å². The van der Waals surface area contributed by atoms with Gasteiger partial charge in [0.05, 0.1) is 25.7 Å². The lowest BCUT2D eigenvalue weighted by Crippen LogP contribution is -2.61. The summed E-state index contributed by atoms with van der Waals surface area (Å²) in [7, 11) is 0. The maximum atomic E-state index is 2.40. The zero-order valence-corrected chi connectivity index (χ0v) is 9.97. The van der Waals surface area contributed by atoms with Crippen LogP contribution in [0.4, 0.5) is 0 Å². The fraction of sp³-hybridized carbons (Fsp3) is 1.00. The van der Waals surface area contributed by atoms with Crippen LogP contribution >= 0.6 is 0 Å². The van der Waals surface area contributed by atoms with Crippen LogP contribution in [-0.2, 0) is 0 Å². The first-order valence-corrected chi connectivity index (χ1v) is 6.68. The molecule has 2 rings (SSSR count). The van der Waals surface area contributed by atoms with Crippen LogP contribution in [0, 0.1) is 5.92 Å². The van der Waals surface area contributed by atoms with E-state index >= 15 is 0 Å². The van der Waals surface area contributed by atoms with Crippen LogP contribution in [0.2, 0.25) is 0 Å². The number of piperidine rings is 1. The highest BCUT2D eigenvalue weighted by atomic mass is 15.4. The predicted molar refractivity (Wildman–Crippen MR) is 61.2 cm³/mol. The van der Waals surface area contributed by atoms with Crippen LogP contribution in [0.15, 0.2) is 0 Å². The lowest BCUT2D eigenvalue weighted by atomic mass is 9.76. The summed E-state index contributed by atoms with van der Waals surface area (Å²) in [4.78, 5) is 0. The topological polar surface area (TPSA) is 0 Å². The Morgan fingerprint density at radius 3 is 2.29 bits per heavy atom. The van der Waals surface area contributed by atoms with Crippen molar-refractivity contribution in [1.29, 1.82) is 0 Å². The average molecular weight is 196 g/mol. The molecule has 0 spiro atoms. The van der Waals surface area contributed by atoms with E-state index in [1.165, 1.54) is 62.6 Å². The molecule has 2 aliphatic rings. The van der Waals surface area contributed by atoms with E-state index in [0.29, 0.717) is 0 Å². The first-order chi connectivity index (χ1) is 6.82. The summed E-state index contributed by atoms with van der Waals surface area (Å²) in [5.74, 6) is 1.08. The first-order valence-electron chi connectivity index (χ1n) is 6.68. The van der Waals surface area contributed by atoms with Crippen LogP contribution in [0.5, 0.6) is 0 Å². The Balaban J connectivity index is 2.14. The third-order valence-corrected chi connectivity index (χ3v) is 5.01. The minimum Gasteiger partial charge on any atom is -0.321 e. The summed E-state index contributed by atoms with van der Waals surface area (Å²) in [5.41, 5.74) is 0. The largest absolute Gasteiger partial charge is 0.321 e. The average Bonchev–Trinajstić information content (AvgIpc) is 2.28. The highest BCUT2D eigenvalue weighted by molar-refractivity contribution is 4.80. The zero-order valence-electron chi connectivity index (χ0n) is 9.97. The molecule has 1 saturated carbocycles. The number of hydrogen-bond donors (Lipinski definition) is 0. The molecular weight excluding hydrogens is 170 g/mol. The van der Waals surface area contributed by atoms with Gasteiger partial charge in [-0.05, 0) is 46.0 Å². The second kappa shape index (κ2) is 4.22. The van der Waals surface area contributed by atoms with E-state index < -0.39 is 0 Å². The van der Waals surface area contributed by atoms with Crippen molar-refractivity contribution >= 4 is 0 Å². The summed E-state index contributed by atoms with van der Waals surface area (Å²) in [6.45, 7) is 9.02. The minimum absolute atomic E-state index is 1.03. The molecule has 2 atom stereocenters. The molecule has 82 valence electrons. The molecule has 0 unspecified atom stereocenters. The van der Waals surface area contributed by atoms with Crippen molar-refractivity contribution in [2.24, 2.45) is 5.92 Å². The number of fused-ring (bicyclic) bond motifs is 1. The highest BCUT2D eigenvalue weighted by Gasteiger charge is 2.43. The number of rotatable bonds is 2. The SMILES string of the molecule is CC[N+]1(CC)CCC[C@H]2CCCC[C@@H]21. The smallest absolute Gasteiger partial charge is 0.0918 e. The molecule has 0 aromatic rings. The van der Waals surface area contributed by atoms with Gasteiger partial charge in [-0.3, -0.25) is 0 Å². The van der Waals surface area contributed by atoms with Crippen molar-refractivity contribution in [2.75, 3.05) is 19.6 Å². The summed E-state index contributed by atoms with van der Waals surface area (Å²) in [6, 6.07) is 1.03. The Morgan fingerprint density at radius 2 is 1.57 bits per heavy atom. The van der Waals surface area contributed by atoms with Crippen LogP contribution in [-0.4, -0.2) is 30.2 Å². The van der Waals surface area contributed by atoms with E-state index in [1.807, 2.05) is 0 Å². The van der Waals surface area contributed by atoms with Gasteiger partial charge in [0.1, 0.15) is 0 Å². The monoisotopic (exact) mass is 196 g/mol. The summed E-state index contributed by atoms with van der Waals surface area (Å²) in [6.07, 6.45) is 9.08. The van der Waals surface area contributed by atoms with Crippen LogP contribution < -0.4 is 0 Å². The molecule has 0 N–H and O–H groups in total. The van der Waals surface area contributed by atoms with E-state index in [0.717, 1.165) is 12.0 Å². The molecule has 0 aromatic carbocycles. The number of nitrogens with zero attached hydrogens (tertiary/aromatic N) is 1. The van der Waals surface area contributed by atoms with Gasteiger partial charge in [0.25, 0.3) is 0 Å². The number of hydrogen-bond acceptors (Lipinski definition) is 0. The van der Waals surface area contributed by atoms with Crippen LogP contribution in [0.3, 0.4) is 0 Å². The molecule has 1 heteroatoms. The number of quaternary nitrogens is 1. The van der Waals surface area contributed by atoms with Gasteiger partial charge in [-0.15, -0.1) is 0 Å². The molecule has 14 heavy (non-hydrogen) atoms. The van der Waals surface area contributed by atoms with Gasteiger partial charge in [-0.25, -0.2) is 0 Å². The normalized spacial score (nSPS) is 36.4. The Morgan fingerprint density at radius 1 is 0.929 bits per heavy atom. The van der Waals surface area contributed by atoms with E-state index in [1.54, 1.807) is 0 Å². The Labute approximate surface area is 89.1 Å². The van der Waals surface area contributed by atoms with Gasteiger partial charge in [-0.2, -0.15) is 0 Å². The summed E-state index contributed by atoms with van der Waals surface area (Å²) in [5, 5.41) is 0. The molecular formula is C13H26N+. The molecule has 1 saturated heterocycles. The number of likely N-dealkylation sites (tertiary alicyclic amines) is 1. The van der Waals surface area contributed by atoms with Gasteiger partial charge in [0.2, 0.25) is 0 Å². The second-order valence-electron chi connectivity index (χ2n) is 5.33. The van der Waals surface area contributed by atoms with E-state index in [9.17, 15) is 0 Å². The quantitative estimate of drug-likeness (QED) is 0.595. The van der Waals surface area contributed by atoms with Crippen molar-refractivity contribution in [3.05, 3.63) is 0 Å². The summed E-state index contributed by atoms with van der Waals surface area (Å²) >= 11 is 0. The Hall–Kier alpha value is -0.0400. The maximum absolute atomic E-state index is 2.40. The zero-order chi connectivity index (χ0) is 10.0. The standard InChI is InChI=1S/C13H26N/c1-3-14(4-2)11-7-9-12-8-5-6-10-13(12)14/h12-13H,3-11H2,1-2H3/q+1/t12-,13+/m1/s1. The maximum Gasteiger partial charge on any atom is 0.0918 e. The molecule has 1 heterocycles. The molecule has 1 aliphatic carbocycles. The van der Waals surface area contributed by atoms with E-state index in [4.69, 9.17) is 0 Å². The minimum atomic E-state index is 1.03. The molecule has 1 nitrogen and oxygen atoms in total. The molecule has 2 fully saturated rings. The van der Waals surface area contributed by atoms with Crippen molar-refractivity contribution in [1.82, 2.24) is 0 Å².